The minimum atomic E-state index is -0.801. The van der Waals surface area contributed by atoms with Gasteiger partial charge >= 0.3 is 5.97 Å². The number of hydrogen-bond acceptors (Lipinski definition) is 6. The summed E-state index contributed by atoms with van der Waals surface area (Å²) in [7, 11) is 7.05. The van der Waals surface area contributed by atoms with Gasteiger partial charge in [-0.2, -0.15) is 0 Å². The number of benzene rings is 1. The molecule has 1 saturated heterocycles. The van der Waals surface area contributed by atoms with E-state index >= 15 is 0 Å². The Labute approximate surface area is 203 Å². The zero-order chi connectivity index (χ0) is 25.2. The van der Waals surface area contributed by atoms with E-state index in [1.165, 1.54) is 0 Å². The lowest BCUT2D eigenvalue weighted by Gasteiger charge is -2.52. The van der Waals surface area contributed by atoms with Crippen LogP contribution in [0.15, 0.2) is 6.07 Å². The zero-order valence-electron chi connectivity index (χ0n) is 22.1. The van der Waals surface area contributed by atoms with Crippen molar-refractivity contribution in [3.63, 3.8) is 0 Å². The van der Waals surface area contributed by atoms with Crippen molar-refractivity contribution in [3.05, 3.63) is 22.8 Å². The van der Waals surface area contributed by atoms with Crippen molar-refractivity contribution in [1.82, 2.24) is 10.2 Å². The number of carbonyl (C=O) groups is 2. The fourth-order valence-electron chi connectivity index (χ4n) is 6.76. The number of esters is 1. The summed E-state index contributed by atoms with van der Waals surface area (Å²) in [5, 5.41) is 3.27. The molecule has 2 aliphatic carbocycles. The summed E-state index contributed by atoms with van der Waals surface area (Å²) in [4.78, 5) is 28.9. The van der Waals surface area contributed by atoms with E-state index in [9.17, 15) is 9.59 Å². The highest BCUT2D eigenvalue weighted by Crippen LogP contribution is 2.66. The smallest absolute Gasteiger partial charge is 0.317 e. The monoisotopic (exact) mass is 472 g/mol. The van der Waals surface area contributed by atoms with Gasteiger partial charge in [0.1, 0.15) is 11.5 Å². The van der Waals surface area contributed by atoms with Gasteiger partial charge in [0.15, 0.2) is 11.5 Å². The fourth-order valence-corrected chi connectivity index (χ4v) is 6.76. The molecule has 5 atom stereocenters. The maximum atomic E-state index is 13.8. The SMILES string of the molecule is COc1c(C(C)C)cc2c(c1OC)C13CCCC(C)(C)C1C(OC3=O)C2NC(=O)C(C)N(C)C. The van der Waals surface area contributed by atoms with Gasteiger partial charge < -0.3 is 19.5 Å². The topological polar surface area (TPSA) is 77.1 Å². The van der Waals surface area contributed by atoms with Crippen LogP contribution in [0.1, 0.15) is 82.5 Å². The summed E-state index contributed by atoms with van der Waals surface area (Å²) < 4.78 is 18.1. The fraction of sp³-hybridized carbons (Fsp3) is 0.704. The molecule has 0 aromatic heterocycles. The first kappa shape index (κ1) is 24.8. The molecule has 1 aliphatic heterocycles. The maximum Gasteiger partial charge on any atom is 0.317 e. The van der Waals surface area contributed by atoms with Crippen molar-refractivity contribution in [2.24, 2.45) is 11.3 Å². The Bertz CT molecular complexity index is 1000. The normalized spacial score (nSPS) is 29.9. The minimum Gasteiger partial charge on any atom is -0.493 e. The summed E-state index contributed by atoms with van der Waals surface area (Å²) in [6, 6.07) is 1.33. The lowest BCUT2D eigenvalue weighted by atomic mass is 9.49. The molecule has 34 heavy (non-hydrogen) atoms. The number of methoxy groups -OCH3 is 2. The second kappa shape index (κ2) is 8.43. The molecule has 1 aromatic rings. The lowest BCUT2D eigenvalue weighted by molar-refractivity contribution is -0.146. The number of nitrogens with zero attached hydrogens (tertiary/aromatic N) is 1. The molecular weight excluding hydrogens is 432 g/mol. The Morgan fingerprint density at radius 2 is 1.79 bits per heavy atom. The molecule has 2 fully saturated rings. The summed E-state index contributed by atoms with van der Waals surface area (Å²) in [5.41, 5.74) is 1.82. The summed E-state index contributed by atoms with van der Waals surface area (Å²) in [6.45, 7) is 10.5. The molecule has 7 nitrogen and oxygen atoms in total. The van der Waals surface area contributed by atoms with Gasteiger partial charge in [0.25, 0.3) is 0 Å². The van der Waals surface area contributed by atoms with Crippen LogP contribution in [0.5, 0.6) is 11.5 Å². The predicted octanol–water partition coefficient (Wildman–Crippen LogP) is 3.94. The van der Waals surface area contributed by atoms with Crippen molar-refractivity contribution in [1.29, 1.82) is 0 Å². The Morgan fingerprint density at radius 3 is 2.35 bits per heavy atom. The molecule has 5 unspecified atom stereocenters. The van der Waals surface area contributed by atoms with Crippen molar-refractivity contribution in [2.75, 3.05) is 28.3 Å². The largest absolute Gasteiger partial charge is 0.493 e. The predicted molar refractivity (Wildman–Crippen MR) is 130 cm³/mol. The number of nitrogens with one attached hydrogen (secondary N) is 1. The van der Waals surface area contributed by atoms with Crippen LogP contribution in [-0.4, -0.2) is 57.2 Å². The second-order valence-corrected chi connectivity index (χ2v) is 11.4. The highest BCUT2D eigenvalue weighted by Gasteiger charge is 2.70. The van der Waals surface area contributed by atoms with Crippen molar-refractivity contribution in [2.45, 2.75) is 83.4 Å². The molecule has 0 spiro atoms. The average Bonchev–Trinajstić information content (AvgIpc) is 3.04. The van der Waals surface area contributed by atoms with Crippen LogP contribution in [0, 0.1) is 11.3 Å². The summed E-state index contributed by atoms with van der Waals surface area (Å²) in [6.07, 6.45) is 2.21. The Hall–Kier alpha value is -2.28. The molecule has 1 N–H and O–H groups in total. The average molecular weight is 473 g/mol. The molecule has 4 rings (SSSR count). The molecule has 1 saturated carbocycles. The van der Waals surface area contributed by atoms with Crippen molar-refractivity contribution < 1.29 is 23.8 Å². The van der Waals surface area contributed by atoms with Gasteiger partial charge in [-0.3, -0.25) is 14.5 Å². The Kier molecular flexibility index (Phi) is 6.16. The third-order valence-electron chi connectivity index (χ3n) is 8.59. The van der Waals surface area contributed by atoms with E-state index in [1.807, 2.05) is 25.9 Å². The van der Waals surface area contributed by atoms with E-state index in [1.54, 1.807) is 14.2 Å². The molecule has 7 heteroatoms. The first-order valence-corrected chi connectivity index (χ1v) is 12.4. The van der Waals surface area contributed by atoms with Crippen LogP contribution in [0.2, 0.25) is 0 Å². The van der Waals surface area contributed by atoms with Crippen molar-refractivity contribution >= 4 is 11.9 Å². The number of amides is 1. The molecule has 1 aromatic carbocycles. The Morgan fingerprint density at radius 1 is 1.15 bits per heavy atom. The third-order valence-corrected chi connectivity index (χ3v) is 8.59. The molecule has 0 radical (unpaired) electrons. The molecule has 188 valence electrons. The molecule has 1 amide bonds. The number of carbonyl (C=O) groups excluding carboxylic acids is 2. The van der Waals surface area contributed by atoms with E-state index < -0.39 is 17.6 Å². The van der Waals surface area contributed by atoms with Gasteiger partial charge in [-0.15, -0.1) is 0 Å². The standard InChI is InChI=1S/C27H40N2O5/c1-14(2)16-13-17-18(21(33-9)20(16)32-8)27-12-10-11-26(4,5)23(27)22(34-25(27)31)19(17)28-24(30)15(3)29(6)7/h13-15,19,22-23H,10-12H2,1-9H3,(H,28,30). The van der Waals surface area contributed by atoms with Crippen LogP contribution in [0.25, 0.3) is 0 Å². The number of rotatable bonds is 6. The molecule has 2 bridgehead atoms. The van der Waals surface area contributed by atoms with E-state index in [0.717, 1.165) is 29.5 Å². The number of ether oxygens (including phenoxy) is 3. The van der Waals surface area contributed by atoms with Crippen LogP contribution < -0.4 is 14.8 Å². The third kappa shape index (κ3) is 3.34. The van der Waals surface area contributed by atoms with E-state index in [4.69, 9.17) is 14.2 Å². The van der Waals surface area contributed by atoms with Crippen LogP contribution in [-0.2, 0) is 19.7 Å². The van der Waals surface area contributed by atoms with Gasteiger partial charge in [0.2, 0.25) is 5.91 Å². The molecular formula is C27H40N2O5. The second-order valence-electron chi connectivity index (χ2n) is 11.4. The van der Waals surface area contributed by atoms with Gasteiger partial charge in [0, 0.05) is 17.0 Å². The van der Waals surface area contributed by atoms with Crippen LogP contribution in [0.3, 0.4) is 0 Å². The zero-order valence-corrected chi connectivity index (χ0v) is 22.1. The summed E-state index contributed by atoms with van der Waals surface area (Å²) in [5.74, 6) is 1.06. The van der Waals surface area contributed by atoms with Gasteiger partial charge in [0.05, 0.1) is 26.3 Å². The highest BCUT2D eigenvalue weighted by molar-refractivity contribution is 5.91. The highest BCUT2D eigenvalue weighted by atomic mass is 16.6. The first-order chi connectivity index (χ1) is 15.9. The van der Waals surface area contributed by atoms with Gasteiger partial charge in [-0.25, -0.2) is 0 Å². The number of likely N-dealkylation sites (N-methyl/N-ethyl adjacent to an activating group) is 1. The van der Waals surface area contributed by atoms with Crippen molar-refractivity contribution in [3.8, 4) is 11.5 Å². The maximum absolute atomic E-state index is 13.8. The molecule has 3 aliphatic rings. The van der Waals surface area contributed by atoms with Crippen LogP contribution in [0.4, 0.5) is 0 Å². The van der Waals surface area contributed by atoms with Gasteiger partial charge in [-0.05, 0) is 56.8 Å². The van der Waals surface area contributed by atoms with E-state index in [2.05, 4.69) is 39.1 Å². The number of fused-ring (bicyclic) bond motifs is 1. The molecule has 1 heterocycles. The first-order valence-electron chi connectivity index (χ1n) is 12.4. The van der Waals surface area contributed by atoms with E-state index in [0.29, 0.717) is 17.9 Å². The van der Waals surface area contributed by atoms with Gasteiger partial charge in [-0.1, -0.05) is 34.1 Å². The quantitative estimate of drug-likeness (QED) is 0.632. The Balaban J connectivity index is 2.03. The number of hydrogen-bond donors (Lipinski definition) is 1. The summed E-state index contributed by atoms with van der Waals surface area (Å²) >= 11 is 0. The minimum absolute atomic E-state index is 0.0720. The van der Waals surface area contributed by atoms with Crippen LogP contribution >= 0.6 is 0 Å². The van der Waals surface area contributed by atoms with E-state index in [-0.39, 0.29) is 35.2 Å². The lowest BCUT2D eigenvalue weighted by Crippen LogP contribution is -2.57.